The Morgan fingerprint density at radius 1 is 0.900 bits per heavy atom. The largest absolute Gasteiger partial charge is 0.497 e. The molecule has 0 radical (unpaired) electrons. The number of nitrogens with zero attached hydrogens (tertiary/aromatic N) is 1. The summed E-state index contributed by atoms with van der Waals surface area (Å²) < 4.78 is 5.26. The Balaban J connectivity index is 1.73. The Morgan fingerprint density at radius 2 is 1.53 bits per heavy atom. The summed E-state index contributed by atoms with van der Waals surface area (Å²) in [7, 11) is 1.62. The van der Waals surface area contributed by atoms with Crippen LogP contribution in [0.15, 0.2) is 84.9 Å². The van der Waals surface area contributed by atoms with Gasteiger partial charge in [-0.15, -0.1) is 0 Å². The van der Waals surface area contributed by atoms with Gasteiger partial charge in [0, 0.05) is 30.8 Å². The highest BCUT2D eigenvalue weighted by molar-refractivity contribution is 5.89. The van der Waals surface area contributed by atoms with Crippen LogP contribution in [0.1, 0.15) is 36.8 Å². The molecule has 0 aliphatic carbocycles. The number of nitrogens with one attached hydrogen (secondary N) is 1. The van der Waals surface area contributed by atoms with Gasteiger partial charge in [0.1, 0.15) is 5.75 Å². The molecule has 0 fully saturated rings. The predicted molar refractivity (Wildman–Crippen MR) is 123 cm³/mol. The molecule has 30 heavy (non-hydrogen) atoms. The average molecular weight is 403 g/mol. The molecule has 0 aromatic heterocycles. The minimum absolute atomic E-state index is 0.0787. The van der Waals surface area contributed by atoms with Crippen molar-refractivity contribution >= 4 is 11.7 Å². The lowest BCUT2D eigenvalue weighted by molar-refractivity contribution is 0.210. The summed E-state index contributed by atoms with van der Waals surface area (Å²) in [5.41, 5.74) is 3.28. The van der Waals surface area contributed by atoms with Gasteiger partial charge in [0.05, 0.1) is 7.11 Å². The van der Waals surface area contributed by atoms with Gasteiger partial charge >= 0.3 is 6.03 Å². The number of carbonyl (C=O) groups excluding carboxylic acids is 1. The second kappa shape index (κ2) is 11.1. The molecular formula is C26H30N2O2. The monoisotopic (exact) mass is 402 g/mol. The van der Waals surface area contributed by atoms with Crippen molar-refractivity contribution in [2.75, 3.05) is 25.5 Å². The molecular weight excluding hydrogens is 372 g/mol. The van der Waals surface area contributed by atoms with Crippen molar-refractivity contribution in [1.82, 2.24) is 4.90 Å². The number of urea groups is 1. The normalized spacial score (nSPS) is 10.6. The molecule has 3 aromatic rings. The summed E-state index contributed by atoms with van der Waals surface area (Å²) in [6, 6.07) is 28.4. The predicted octanol–water partition coefficient (Wildman–Crippen LogP) is 6.16. The van der Waals surface area contributed by atoms with Crippen molar-refractivity contribution < 1.29 is 9.53 Å². The Bertz CT molecular complexity index is 873. The van der Waals surface area contributed by atoms with Gasteiger partial charge in [-0.2, -0.15) is 0 Å². The molecule has 0 saturated heterocycles. The standard InChI is InChI=1S/C26H30N2O2/c1-3-18-28(26(29)27-23-15-10-16-24(20-23)30-2)19-17-25(21-11-6-4-7-12-21)22-13-8-5-9-14-22/h4-16,20,25H,3,17-19H2,1-2H3,(H,27,29). The number of amides is 2. The highest BCUT2D eigenvalue weighted by Crippen LogP contribution is 2.28. The first-order chi connectivity index (χ1) is 14.7. The number of hydrogen-bond donors (Lipinski definition) is 1. The average Bonchev–Trinajstić information content (AvgIpc) is 2.80. The summed E-state index contributed by atoms with van der Waals surface area (Å²) in [5, 5.41) is 3.01. The lowest BCUT2D eigenvalue weighted by Crippen LogP contribution is -2.37. The van der Waals surface area contributed by atoms with Gasteiger partial charge in [0.15, 0.2) is 0 Å². The van der Waals surface area contributed by atoms with E-state index in [4.69, 9.17) is 4.74 Å². The Labute approximate surface area is 179 Å². The molecule has 0 spiro atoms. The molecule has 1 N–H and O–H groups in total. The molecule has 3 aromatic carbocycles. The van der Waals surface area contributed by atoms with Crippen LogP contribution in [0.3, 0.4) is 0 Å². The molecule has 0 unspecified atom stereocenters. The maximum absolute atomic E-state index is 13.0. The van der Waals surface area contributed by atoms with Crippen LogP contribution in [0.2, 0.25) is 0 Å². The highest BCUT2D eigenvalue weighted by Gasteiger charge is 2.18. The van der Waals surface area contributed by atoms with Gasteiger partial charge in [-0.05, 0) is 36.1 Å². The minimum Gasteiger partial charge on any atom is -0.497 e. The molecule has 3 rings (SSSR count). The second-order valence-electron chi connectivity index (χ2n) is 7.31. The van der Waals surface area contributed by atoms with Crippen LogP contribution in [-0.2, 0) is 0 Å². The van der Waals surface area contributed by atoms with E-state index < -0.39 is 0 Å². The van der Waals surface area contributed by atoms with Crippen molar-refractivity contribution in [1.29, 1.82) is 0 Å². The maximum Gasteiger partial charge on any atom is 0.321 e. The van der Waals surface area contributed by atoms with E-state index in [2.05, 4.69) is 60.8 Å². The first-order valence-electron chi connectivity index (χ1n) is 10.5. The summed E-state index contributed by atoms with van der Waals surface area (Å²) >= 11 is 0. The van der Waals surface area contributed by atoms with E-state index in [1.165, 1.54) is 11.1 Å². The number of carbonyl (C=O) groups is 1. The van der Waals surface area contributed by atoms with E-state index in [9.17, 15) is 4.79 Å². The SMILES string of the molecule is CCCN(CCC(c1ccccc1)c1ccccc1)C(=O)Nc1cccc(OC)c1. The van der Waals surface area contributed by atoms with Crippen LogP contribution < -0.4 is 10.1 Å². The lowest BCUT2D eigenvalue weighted by Gasteiger charge is -2.26. The van der Waals surface area contributed by atoms with E-state index in [1.54, 1.807) is 7.11 Å². The first-order valence-corrected chi connectivity index (χ1v) is 10.5. The molecule has 156 valence electrons. The Morgan fingerprint density at radius 3 is 2.10 bits per heavy atom. The van der Waals surface area contributed by atoms with Crippen LogP contribution in [0.4, 0.5) is 10.5 Å². The van der Waals surface area contributed by atoms with Crippen molar-refractivity contribution in [3.8, 4) is 5.75 Å². The van der Waals surface area contributed by atoms with Gasteiger partial charge < -0.3 is 15.0 Å². The van der Waals surface area contributed by atoms with Gasteiger partial charge in [0.25, 0.3) is 0 Å². The fourth-order valence-corrected chi connectivity index (χ4v) is 3.67. The Hall–Kier alpha value is -3.27. The molecule has 2 amide bonds. The van der Waals surface area contributed by atoms with Gasteiger partial charge in [-0.3, -0.25) is 0 Å². The summed E-state index contributed by atoms with van der Waals surface area (Å²) in [6.07, 6.45) is 1.77. The molecule has 4 nitrogen and oxygen atoms in total. The third kappa shape index (κ3) is 5.86. The zero-order valence-corrected chi connectivity index (χ0v) is 17.8. The third-order valence-corrected chi connectivity index (χ3v) is 5.19. The van der Waals surface area contributed by atoms with Gasteiger partial charge in [-0.1, -0.05) is 73.7 Å². The van der Waals surface area contributed by atoms with Crippen molar-refractivity contribution in [2.24, 2.45) is 0 Å². The number of anilines is 1. The maximum atomic E-state index is 13.0. The molecule has 0 atom stereocenters. The van der Waals surface area contributed by atoms with E-state index in [0.29, 0.717) is 13.1 Å². The van der Waals surface area contributed by atoms with Gasteiger partial charge in [0.2, 0.25) is 0 Å². The van der Waals surface area contributed by atoms with Crippen molar-refractivity contribution in [3.05, 3.63) is 96.1 Å². The van der Waals surface area contributed by atoms with Crippen LogP contribution in [-0.4, -0.2) is 31.1 Å². The minimum atomic E-state index is -0.0787. The van der Waals surface area contributed by atoms with E-state index >= 15 is 0 Å². The number of methoxy groups -OCH3 is 1. The van der Waals surface area contributed by atoms with E-state index in [1.807, 2.05) is 41.3 Å². The van der Waals surface area contributed by atoms with Crippen molar-refractivity contribution in [3.63, 3.8) is 0 Å². The number of benzene rings is 3. The zero-order valence-electron chi connectivity index (χ0n) is 17.8. The fraction of sp³-hybridized carbons (Fsp3) is 0.269. The number of hydrogen-bond acceptors (Lipinski definition) is 2. The fourth-order valence-electron chi connectivity index (χ4n) is 3.67. The molecule has 4 heteroatoms. The third-order valence-electron chi connectivity index (χ3n) is 5.19. The van der Waals surface area contributed by atoms with Crippen LogP contribution in [0.5, 0.6) is 5.75 Å². The number of ether oxygens (including phenoxy) is 1. The summed E-state index contributed by atoms with van der Waals surface area (Å²) in [6.45, 7) is 3.49. The Kier molecular flexibility index (Phi) is 7.90. The summed E-state index contributed by atoms with van der Waals surface area (Å²) in [4.78, 5) is 14.9. The molecule has 0 heterocycles. The number of rotatable bonds is 9. The smallest absolute Gasteiger partial charge is 0.321 e. The van der Waals surface area contributed by atoms with E-state index in [-0.39, 0.29) is 11.9 Å². The van der Waals surface area contributed by atoms with Gasteiger partial charge in [-0.25, -0.2) is 4.79 Å². The molecule has 0 aliphatic heterocycles. The van der Waals surface area contributed by atoms with E-state index in [0.717, 1.165) is 24.3 Å². The lowest BCUT2D eigenvalue weighted by atomic mass is 9.88. The van der Waals surface area contributed by atoms with Crippen molar-refractivity contribution in [2.45, 2.75) is 25.7 Å². The summed E-state index contributed by atoms with van der Waals surface area (Å²) in [5.74, 6) is 0.972. The zero-order chi connectivity index (χ0) is 21.2. The van der Waals surface area contributed by atoms with Crippen LogP contribution in [0.25, 0.3) is 0 Å². The molecule has 0 aliphatic rings. The topological polar surface area (TPSA) is 41.6 Å². The molecule has 0 saturated carbocycles. The second-order valence-corrected chi connectivity index (χ2v) is 7.31. The van der Waals surface area contributed by atoms with Crippen LogP contribution in [0, 0.1) is 0 Å². The highest BCUT2D eigenvalue weighted by atomic mass is 16.5. The first kappa shape index (κ1) is 21.4. The quantitative estimate of drug-likeness (QED) is 0.466. The van der Waals surface area contributed by atoms with Crippen LogP contribution >= 0.6 is 0 Å². The molecule has 0 bridgehead atoms.